The minimum atomic E-state index is -0.450. The highest BCUT2D eigenvalue weighted by atomic mass is 16.5. The van der Waals surface area contributed by atoms with E-state index in [0.717, 1.165) is 29.8 Å². The third-order valence-corrected chi connectivity index (χ3v) is 4.50. The summed E-state index contributed by atoms with van der Waals surface area (Å²) in [7, 11) is 0. The maximum absolute atomic E-state index is 12.6. The number of nitrogens with one attached hydrogen (secondary N) is 1. The van der Waals surface area contributed by atoms with Crippen LogP contribution in [0.1, 0.15) is 44.6 Å². The molecule has 3 rings (SSSR count). The second kappa shape index (κ2) is 6.51. The third kappa shape index (κ3) is 2.82. The first-order chi connectivity index (χ1) is 11.5. The maximum atomic E-state index is 12.6. The zero-order chi connectivity index (χ0) is 17.3. The monoisotopic (exact) mass is 327 g/mol. The highest BCUT2D eigenvalue weighted by molar-refractivity contribution is 6.03. The van der Waals surface area contributed by atoms with Crippen molar-refractivity contribution in [1.29, 1.82) is 0 Å². The molecular formula is C19H21NO4. The molecule has 2 N–H and O–H groups in total. The molecule has 0 saturated carbocycles. The fourth-order valence-electron chi connectivity index (χ4n) is 3.46. The predicted molar refractivity (Wildman–Crippen MR) is 89.2 cm³/mol. The van der Waals surface area contributed by atoms with E-state index in [-0.39, 0.29) is 18.1 Å². The Balaban J connectivity index is 2.15. The maximum Gasteiger partial charge on any atom is 0.336 e. The van der Waals surface area contributed by atoms with Gasteiger partial charge in [-0.05, 0) is 44.4 Å². The van der Waals surface area contributed by atoms with Gasteiger partial charge < -0.3 is 15.2 Å². The molecule has 1 atom stereocenters. The second-order valence-corrected chi connectivity index (χ2v) is 6.08. The molecule has 126 valence electrons. The van der Waals surface area contributed by atoms with Crippen molar-refractivity contribution in [3.63, 3.8) is 0 Å². The first-order valence-corrected chi connectivity index (χ1v) is 8.23. The number of hydrogen-bond donors (Lipinski definition) is 2. The van der Waals surface area contributed by atoms with Crippen molar-refractivity contribution < 1.29 is 19.4 Å². The molecule has 1 heterocycles. The standard InChI is InChI=1S/C19H21NO4/c1-3-24-19(23)16-11(2)20-14-5-4-6-15(22)18(14)17(16)12-7-9-13(21)10-8-12/h7-10,17,20-21H,3-6H2,1-2H3/t17-/m1/s1. The minimum Gasteiger partial charge on any atom is -0.508 e. The van der Waals surface area contributed by atoms with Crippen LogP contribution in [0.25, 0.3) is 0 Å². The van der Waals surface area contributed by atoms with E-state index in [2.05, 4.69) is 5.32 Å². The lowest BCUT2D eigenvalue weighted by atomic mass is 9.75. The number of Topliss-reactive ketones (excluding diaryl/α,β-unsaturated/α-hetero) is 1. The van der Waals surface area contributed by atoms with E-state index >= 15 is 0 Å². The Kier molecular flexibility index (Phi) is 4.42. The summed E-state index contributed by atoms with van der Waals surface area (Å²) < 4.78 is 5.22. The molecule has 0 amide bonds. The lowest BCUT2D eigenvalue weighted by molar-refractivity contribution is -0.138. The summed E-state index contributed by atoms with van der Waals surface area (Å²) in [5, 5.41) is 12.8. The van der Waals surface area contributed by atoms with Crippen molar-refractivity contribution in [1.82, 2.24) is 5.32 Å². The minimum absolute atomic E-state index is 0.0659. The van der Waals surface area contributed by atoms with Crippen LogP contribution in [0, 0.1) is 0 Å². The normalized spacial score (nSPS) is 20.6. The molecule has 1 aromatic carbocycles. The number of benzene rings is 1. The Labute approximate surface area is 141 Å². The molecule has 1 aliphatic carbocycles. The zero-order valence-corrected chi connectivity index (χ0v) is 13.9. The summed E-state index contributed by atoms with van der Waals surface area (Å²) in [6.45, 7) is 3.87. The highest BCUT2D eigenvalue weighted by Gasteiger charge is 2.38. The summed E-state index contributed by atoms with van der Waals surface area (Å²) >= 11 is 0. The van der Waals surface area contributed by atoms with Crippen LogP contribution < -0.4 is 5.32 Å². The second-order valence-electron chi connectivity index (χ2n) is 6.08. The SMILES string of the molecule is CCOC(=O)C1=C(C)NC2=C(C(=O)CCC2)[C@@H]1c1ccc(O)cc1. The predicted octanol–water partition coefficient (Wildman–Crippen LogP) is 2.92. The Bertz CT molecular complexity index is 743. The highest BCUT2D eigenvalue weighted by Crippen LogP contribution is 2.42. The molecule has 2 aliphatic rings. The van der Waals surface area contributed by atoms with Gasteiger partial charge in [0.25, 0.3) is 0 Å². The molecule has 0 aromatic heterocycles. The van der Waals surface area contributed by atoms with E-state index in [9.17, 15) is 14.7 Å². The van der Waals surface area contributed by atoms with Gasteiger partial charge in [-0.1, -0.05) is 12.1 Å². The Morgan fingerprint density at radius 2 is 2.00 bits per heavy atom. The molecule has 24 heavy (non-hydrogen) atoms. The van der Waals surface area contributed by atoms with E-state index in [4.69, 9.17) is 4.74 Å². The molecule has 0 saturated heterocycles. The van der Waals surface area contributed by atoms with Gasteiger partial charge in [0, 0.05) is 29.3 Å². The molecule has 0 unspecified atom stereocenters. The summed E-state index contributed by atoms with van der Waals surface area (Å²) in [6.07, 6.45) is 2.10. The first kappa shape index (κ1) is 16.3. The molecule has 5 heteroatoms. The number of esters is 1. The van der Waals surface area contributed by atoms with Gasteiger partial charge in [0.15, 0.2) is 5.78 Å². The van der Waals surface area contributed by atoms with Gasteiger partial charge in [-0.3, -0.25) is 4.79 Å². The molecule has 1 aromatic rings. The molecule has 0 fully saturated rings. The van der Waals surface area contributed by atoms with Crippen molar-refractivity contribution in [3.8, 4) is 5.75 Å². The van der Waals surface area contributed by atoms with E-state index in [1.807, 2.05) is 6.92 Å². The van der Waals surface area contributed by atoms with Gasteiger partial charge in [-0.15, -0.1) is 0 Å². The van der Waals surface area contributed by atoms with Crippen LogP contribution in [-0.4, -0.2) is 23.5 Å². The van der Waals surface area contributed by atoms with E-state index in [0.29, 0.717) is 17.6 Å². The van der Waals surface area contributed by atoms with E-state index in [1.54, 1.807) is 31.2 Å². The quantitative estimate of drug-likeness (QED) is 0.835. The van der Waals surface area contributed by atoms with Crippen molar-refractivity contribution >= 4 is 11.8 Å². The molecule has 1 aliphatic heterocycles. The van der Waals surface area contributed by atoms with Crippen molar-refractivity contribution in [2.45, 2.75) is 39.0 Å². The number of phenolic OH excluding ortho intramolecular Hbond substituents is 1. The van der Waals surface area contributed by atoms with Crippen molar-refractivity contribution in [2.75, 3.05) is 6.61 Å². The largest absolute Gasteiger partial charge is 0.508 e. The van der Waals surface area contributed by atoms with Gasteiger partial charge in [-0.2, -0.15) is 0 Å². The summed E-state index contributed by atoms with van der Waals surface area (Å²) in [5.74, 6) is -0.648. The lowest BCUT2D eigenvalue weighted by Crippen LogP contribution is -2.34. The topological polar surface area (TPSA) is 75.6 Å². The van der Waals surface area contributed by atoms with Gasteiger partial charge in [-0.25, -0.2) is 4.79 Å². The van der Waals surface area contributed by atoms with Crippen LogP contribution in [0.4, 0.5) is 0 Å². The Morgan fingerprint density at radius 1 is 1.29 bits per heavy atom. The smallest absolute Gasteiger partial charge is 0.336 e. The number of dihydropyridines is 1. The third-order valence-electron chi connectivity index (χ3n) is 4.50. The average Bonchev–Trinajstić information content (AvgIpc) is 2.55. The molecule has 0 bridgehead atoms. The van der Waals surface area contributed by atoms with E-state index in [1.165, 1.54) is 0 Å². The van der Waals surface area contributed by atoms with Gasteiger partial charge in [0.2, 0.25) is 0 Å². The average molecular weight is 327 g/mol. The number of ketones is 1. The van der Waals surface area contributed by atoms with Crippen LogP contribution in [0.3, 0.4) is 0 Å². The fourth-order valence-corrected chi connectivity index (χ4v) is 3.46. The summed E-state index contributed by atoms with van der Waals surface area (Å²) in [6, 6.07) is 6.65. The number of phenols is 1. The fraction of sp³-hybridized carbons (Fsp3) is 0.368. The Morgan fingerprint density at radius 3 is 2.67 bits per heavy atom. The number of allylic oxidation sites excluding steroid dienone is 3. The number of carbonyl (C=O) groups excluding carboxylic acids is 2. The van der Waals surface area contributed by atoms with Gasteiger partial charge in [0.05, 0.1) is 12.2 Å². The Hall–Kier alpha value is -2.56. The number of carbonyl (C=O) groups is 2. The van der Waals surface area contributed by atoms with Gasteiger partial charge >= 0.3 is 5.97 Å². The summed E-state index contributed by atoms with van der Waals surface area (Å²) in [4.78, 5) is 25.1. The van der Waals surface area contributed by atoms with Gasteiger partial charge in [0.1, 0.15) is 5.75 Å². The van der Waals surface area contributed by atoms with E-state index < -0.39 is 11.9 Å². The first-order valence-electron chi connectivity index (χ1n) is 8.23. The zero-order valence-electron chi connectivity index (χ0n) is 13.9. The molecule has 5 nitrogen and oxygen atoms in total. The van der Waals surface area contributed by atoms with Crippen molar-refractivity contribution in [2.24, 2.45) is 0 Å². The lowest BCUT2D eigenvalue weighted by Gasteiger charge is -2.34. The van der Waals surface area contributed by atoms with Crippen LogP contribution in [0.15, 0.2) is 46.8 Å². The van der Waals surface area contributed by atoms with Crippen LogP contribution >= 0.6 is 0 Å². The number of ether oxygens (including phenoxy) is 1. The van der Waals surface area contributed by atoms with Crippen LogP contribution in [0.2, 0.25) is 0 Å². The molecule has 0 radical (unpaired) electrons. The van der Waals surface area contributed by atoms with Crippen LogP contribution in [0.5, 0.6) is 5.75 Å². The number of hydrogen-bond acceptors (Lipinski definition) is 5. The molecular weight excluding hydrogens is 306 g/mol. The summed E-state index contributed by atoms with van der Waals surface area (Å²) in [5.41, 5.74) is 3.55. The molecule has 0 spiro atoms. The van der Waals surface area contributed by atoms with Crippen LogP contribution in [-0.2, 0) is 14.3 Å². The number of rotatable bonds is 3. The van der Waals surface area contributed by atoms with Crippen molar-refractivity contribution in [3.05, 3.63) is 52.4 Å². The number of aromatic hydroxyl groups is 1.